The van der Waals surface area contributed by atoms with Crippen molar-refractivity contribution >= 4 is 11.8 Å². The SMILES string of the molecule is Cc1cccc(OC(C)c2nnc(SCc3cccc(C(F)(F)F)c3)n2C)c1C. The largest absolute Gasteiger partial charge is 0.482 e. The Hall–Kier alpha value is -2.48. The summed E-state index contributed by atoms with van der Waals surface area (Å²) in [5.74, 6) is 1.80. The Morgan fingerprint density at radius 3 is 2.55 bits per heavy atom. The van der Waals surface area contributed by atoms with Gasteiger partial charge in [-0.25, -0.2) is 0 Å². The van der Waals surface area contributed by atoms with Gasteiger partial charge in [-0.1, -0.05) is 42.1 Å². The number of ether oxygens (including phenoxy) is 1. The molecule has 8 heteroatoms. The van der Waals surface area contributed by atoms with Gasteiger partial charge in [0.15, 0.2) is 17.1 Å². The van der Waals surface area contributed by atoms with Gasteiger partial charge in [0.05, 0.1) is 5.56 Å². The van der Waals surface area contributed by atoms with E-state index in [-0.39, 0.29) is 6.10 Å². The Morgan fingerprint density at radius 1 is 1.10 bits per heavy atom. The molecule has 2 aromatic carbocycles. The highest BCUT2D eigenvalue weighted by Gasteiger charge is 2.30. The fourth-order valence-electron chi connectivity index (χ4n) is 2.89. The summed E-state index contributed by atoms with van der Waals surface area (Å²) in [6.07, 6.45) is -4.67. The minimum Gasteiger partial charge on any atom is -0.482 e. The molecule has 154 valence electrons. The summed E-state index contributed by atoms with van der Waals surface area (Å²) < 4.78 is 46.5. The molecule has 1 aromatic heterocycles. The second kappa shape index (κ2) is 8.49. The summed E-state index contributed by atoms with van der Waals surface area (Å²) >= 11 is 1.34. The predicted octanol–water partition coefficient (Wildman–Crippen LogP) is 5.88. The average molecular weight is 421 g/mol. The first-order valence-corrected chi connectivity index (χ1v) is 10.1. The maximum Gasteiger partial charge on any atom is 0.416 e. The molecule has 1 atom stereocenters. The number of aromatic nitrogens is 3. The van der Waals surface area contributed by atoms with E-state index in [1.165, 1.54) is 17.8 Å². The van der Waals surface area contributed by atoms with E-state index in [4.69, 9.17) is 4.74 Å². The fraction of sp³-hybridized carbons (Fsp3) is 0.333. The zero-order valence-corrected chi connectivity index (χ0v) is 17.4. The molecule has 0 saturated carbocycles. The summed E-state index contributed by atoms with van der Waals surface area (Å²) in [7, 11) is 1.83. The van der Waals surface area contributed by atoms with Crippen molar-refractivity contribution in [3.05, 3.63) is 70.5 Å². The number of thioether (sulfide) groups is 1. The highest BCUT2D eigenvalue weighted by atomic mass is 32.2. The van der Waals surface area contributed by atoms with Crippen molar-refractivity contribution in [2.45, 2.75) is 44.0 Å². The number of hydrogen-bond donors (Lipinski definition) is 0. The smallest absolute Gasteiger partial charge is 0.416 e. The molecule has 0 spiro atoms. The summed E-state index contributed by atoms with van der Waals surface area (Å²) in [5, 5.41) is 9.02. The number of benzene rings is 2. The third kappa shape index (κ3) is 4.93. The van der Waals surface area contributed by atoms with E-state index in [0.29, 0.717) is 22.3 Å². The summed E-state index contributed by atoms with van der Waals surface area (Å²) in [4.78, 5) is 0. The molecular formula is C21H22F3N3OS. The number of alkyl halides is 3. The minimum absolute atomic E-state index is 0.323. The Kier molecular flexibility index (Phi) is 6.21. The van der Waals surface area contributed by atoms with Crippen LogP contribution in [0.1, 0.15) is 41.1 Å². The third-order valence-electron chi connectivity index (χ3n) is 4.71. The first-order chi connectivity index (χ1) is 13.7. The van der Waals surface area contributed by atoms with Crippen molar-refractivity contribution in [3.8, 4) is 5.75 Å². The lowest BCUT2D eigenvalue weighted by molar-refractivity contribution is -0.137. The molecule has 3 rings (SSSR count). The monoisotopic (exact) mass is 421 g/mol. The van der Waals surface area contributed by atoms with E-state index in [0.717, 1.165) is 29.0 Å². The van der Waals surface area contributed by atoms with E-state index in [9.17, 15) is 13.2 Å². The van der Waals surface area contributed by atoms with Crippen molar-refractivity contribution < 1.29 is 17.9 Å². The summed E-state index contributed by atoms with van der Waals surface area (Å²) in [6.45, 7) is 5.93. The van der Waals surface area contributed by atoms with E-state index in [1.54, 1.807) is 6.07 Å². The van der Waals surface area contributed by atoms with Crippen LogP contribution in [-0.2, 0) is 19.0 Å². The lowest BCUT2D eigenvalue weighted by atomic mass is 10.1. The number of halogens is 3. The highest BCUT2D eigenvalue weighted by molar-refractivity contribution is 7.98. The van der Waals surface area contributed by atoms with Gasteiger partial charge in [-0.15, -0.1) is 10.2 Å². The molecule has 0 radical (unpaired) electrons. The first kappa shape index (κ1) is 21.2. The molecule has 0 saturated heterocycles. The Bertz CT molecular complexity index is 1000. The van der Waals surface area contributed by atoms with Crippen molar-refractivity contribution in [3.63, 3.8) is 0 Å². The maximum absolute atomic E-state index is 12.9. The normalized spacial score (nSPS) is 12.8. The zero-order valence-electron chi connectivity index (χ0n) is 16.6. The van der Waals surface area contributed by atoms with Crippen LogP contribution in [-0.4, -0.2) is 14.8 Å². The van der Waals surface area contributed by atoms with Gasteiger partial charge in [0, 0.05) is 12.8 Å². The second-order valence-electron chi connectivity index (χ2n) is 6.84. The number of nitrogens with zero attached hydrogens (tertiary/aromatic N) is 3. The van der Waals surface area contributed by atoms with Gasteiger partial charge in [0.2, 0.25) is 0 Å². The van der Waals surface area contributed by atoms with Crippen LogP contribution in [0.3, 0.4) is 0 Å². The van der Waals surface area contributed by atoms with Crippen LogP contribution in [0.15, 0.2) is 47.6 Å². The molecule has 4 nitrogen and oxygen atoms in total. The van der Waals surface area contributed by atoms with Crippen LogP contribution in [0, 0.1) is 13.8 Å². The van der Waals surface area contributed by atoms with Crippen molar-refractivity contribution in [2.24, 2.45) is 7.05 Å². The Balaban J connectivity index is 1.70. The number of hydrogen-bond acceptors (Lipinski definition) is 4. The van der Waals surface area contributed by atoms with E-state index >= 15 is 0 Å². The molecular weight excluding hydrogens is 399 g/mol. The molecule has 29 heavy (non-hydrogen) atoms. The van der Waals surface area contributed by atoms with Crippen LogP contribution in [0.4, 0.5) is 13.2 Å². The van der Waals surface area contributed by atoms with Crippen molar-refractivity contribution in [1.29, 1.82) is 0 Å². The van der Waals surface area contributed by atoms with Crippen LogP contribution >= 0.6 is 11.8 Å². The highest BCUT2D eigenvalue weighted by Crippen LogP contribution is 2.32. The maximum atomic E-state index is 12.9. The molecule has 0 aliphatic carbocycles. The topological polar surface area (TPSA) is 39.9 Å². The fourth-order valence-corrected chi connectivity index (χ4v) is 3.75. The zero-order chi connectivity index (χ0) is 21.2. The second-order valence-corrected chi connectivity index (χ2v) is 7.79. The predicted molar refractivity (Wildman–Crippen MR) is 107 cm³/mol. The molecule has 1 unspecified atom stereocenters. The van der Waals surface area contributed by atoms with Gasteiger partial charge in [-0.05, 0) is 49.6 Å². The summed E-state index contributed by atoms with van der Waals surface area (Å²) in [5.41, 5.74) is 2.14. The van der Waals surface area contributed by atoms with Gasteiger partial charge < -0.3 is 9.30 Å². The molecule has 1 heterocycles. The van der Waals surface area contributed by atoms with Gasteiger partial charge >= 0.3 is 6.18 Å². The molecule has 0 bridgehead atoms. The van der Waals surface area contributed by atoms with E-state index in [1.807, 2.05) is 50.6 Å². The van der Waals surface area contributed by atoms with Gasteiger partial charge in [-0.2, -0.15) is 13.2 Å². The lowest BCUT2D eigenvalue weighted by Crippen LogP contribution is -2.11. The van der Waals surface area contributed by atoms with E-state index in [2.05, 4.69) is 10.2 Å². The lowest BCUT2D eigenvalue weighted by Gasteiger charge is -2.17. The van der Waals surface area contributed by atoms with Crippen molar-refractivity contribution in [2.75, 3.05) is 0 Å². The first-order valence-electron chi connectivity index (χ1n) is 9.08. The van der Waals surface area contributed by atoms with Gasteiger partial charge in [0.25, 0.3) is 0 Å². The molecule has 0 aliphatic rings. The van der Waals surface area contributed by atoms with Crippen LogP contribution in [0.2, 0.25) is 0 Å². The Morgan fingerprint density at radius 2 is 1.83 bits per heavy atom. The Labute approximate surface area is 172 Å². The summed E-state index contributed by atoms with van der Waals surface area (Å²) in [6, 6.07) is 11.2. The number of aryl methyl sites for hydroxylation is 1. The van der Waals surface area contributed by atoms with Crippen LogP contribution in [0.25, 0.3) is 0 Å². The molecule has 0 N–H and O–H groups in total. The molecule has 3 aromatic rings. The molecule has 0 amide bonds. The standard InChI is InChI=1S/C21H22F3N3OS/c1-13-7-5-10-18(14(13)2)28-15(3)19-25-26-20(27(19)4)29-12-16-8-6-9-17(11-16)21(22,23)24/h5-11,15H,12H2,1-4H3. The quantitative estimate of drug-likeness (QED) is 0.466. The van der Waals surface area contributed by atoms with Crippen molar-refractivity contribution in [1.82, 2.24) is 14.8 Å². The van der Waals surface area contributed by atoms with Gasteiger partial charge in [0.1, 0.15) is 5.75 Å². The number of rotatable bonds is 6. The minimum atomic E-state index is -4.35. The van der Waals surface area contributed by atoms with Gasteiger partial charge in [-0.3, -0.25) is 0 Å². The molecule has 0 aliphatic heterocycles. The third-order valence-corrected chi connectivity index (χ3v) is 5.80. The molecule has 0 fully saturated rings. The average Bonchev–Trinajstić information content (AvgIpc) is 3.04. The van der Waals surface area contributed by atoms with Crippen LogP contribution < -0.4 is 4.74 Å². The van der Waals surface area contributed by atoms with E-state index < -0.39 is 11.7 Å². The van der Waals surface area contributed by atoms with Crippen LogP contribution in [0.5, 0.6) is 5.75 Å².